The molecule has 2 heteroatoms. The lowest BCUT2D eigenvalue weighted by Gasteiger charge is -2.36. The van der Waals surface area contributed by atoms with Crippen molar-refractivity contribution in [2.75, 3.05) is 6.61 Å². The molecule has 0 heterocycles. The second-order valence-corrected chi connectivity index (χ2v) is 10.5. The van der Waals surface area contributed by atoms with Crippen LogP contribution >= 0.6 is 0 Å². The Morgan fingerprint density at radius 2 is 1.79 bits per heavy atom. The Morgan fingerprint density at radius 3 is 2.14 bits per heavy atom. The Hall–Kier alpha value is -0.0831. The van der Waals surface area contributed by atoms with Crippen LogP contribution in [0.1, 0.15) is 40.5 Å². The third-order valence-electron chi connectivity index (χ3n) is 3.02. The number of hydrogen-bond donors (Lipinski definition) is 0. The van der Waals surface area contributed by atoms with Gasteiger partial charge in [-0.1, -0.05) is 26.3 Å². The maximum Gasteiger partial charge on any atom is 0.191 e. The second-order valence-electron chi connectivity index (χ2n) is 5.67. The summed E-state index contributed by atoms with van der Waals surface area (Å²) in [6, 6.07) is 0. The SMILES string of the molecule is C=C(C)CCCO[Si](C)(C)C(C)(C)C. The summed E-state index contributed by atoms with van der Waals surface area (Å²) >= 11 is 0. The molecule has 0 aliphatic heterocycles. The Labute approximate surface area is 90.7 Å². The van der Waals surface area contributed by atoms with Crippen molar-refractivity contribution in [3.63, 3.8) is 0 Å². The molecule has 0 aromatic rings. The van der Waals surface area contributed by atoms with Crippen LogP contribution in [0.4, 0.5) is 0 Å². The Bertz CT molecular complexity index is 189. The van der Waals surface area contributed by atoms with Gasteiger partial charge in [-0.25, -0.2) is 0 Å². The maximum absolute atomic E-state index is 6.04. The van der Waals surface area contributed by atoms with Gasteiger partial charge in [0.2, 0.25) is 0 Å². The van der Waals surface area contributed by atoms with Gasteiger partial charge in [-0.3, -0.25) is 0 Å². The van der Waals surface area contributed by atoms with Crippen LogP contribution in [0, 0.1) is 0 Å². The topological polar surface area (TPSA) is 9.23 Å². The van der Waals surface area contributed by atoms with E-state index in [1.165, 1.54) is 5.57 Å². The molecule has 0 spiro atoms. The Morgan fingerprint density at radius 1 is 1.29 bits per heavy atom. The molecular formula is C12H26OSi. The van der Waals surface area contributed by atoms with Gasteiger partial charge in [0.15, 0.2) is 8.32 Å². The zero-order chi connectivity index (χ0) is 11.4. The predicted molar refractivity (Wildman–Crippen MR) is 67.2 cm³/mol. The van der Waals surface area contributed by atoms with Gasteiger partial charge < -0.3 is 4.43 Å². The summed E-state index contributed by atoms with van der Waals surface area (Å²) in [6.45, 7) is 18.3. The van der Waals surface area contributed by atoms with Crippen molar-refractivity contribution < 1.29 is 4.43 Å². The van der Waals surface area contributed by atoms with Crippen LogP contribution in [0.2, 0.25) is 18.1 Å². The molecule has 0 rings (SSSR count). The number of allylic oxidation sites excluding steroid dienone is 1. The molecule has 0 fully saturated rings. The van der Waals surface area contributed by atoms with Gasteiger partial charge in [-0.15, -0.1) is 6.58 Å². The Kier molecular flexibility index (Phi) is 5.10. The third kappa shape index (κ3) is 4.96. The highest BCUT2D eigenvalue weighted by molar-refractivity contribution is 6.74. The fourth-order valence-corrected chi connectivity index (χ4v) is 2.01. The highest BCUT2D eigenvalue weighted by Gasteiger charge is 2.36. The minimum absolute atomic E-state index is 0.330. The first kappa shape index (κ1) is 13.9. The fourth-order valence-electron chi connectivity index (χ4n) is 0.918. The summed E-state index contributed by atoms with van der Waals surface area (Å²) in [4.78, 5) is 0. The van der Waals surface area contributed by atoms with E-state index in [0.717, 1.165) is 19.4 Å². The van der Waals surface area contributed by atoms with Crippen molar-refractivity contribution in [1.29, 1.82) is 0 Å². The van der Waals surface area contributed by atoms with E-state index in [-0.39, 0.29) is 0 Å². The van der Waals surface area contributed by atoms with Gasteiger partial charge in [0, 0.05) is 6.61 Å². The molecule has 0 unspecified atom stereocenters. The summed E-state index contributed by atoms with van der Waals surface area (Å²) in [7, 11) is -1.51. The van der Waals surface area contributed by atoms with Gasteiger partial charge >= 0.3 is 0 Å². The molecule has 0 radical (unpaired) electrons. The molecular weight excluding hydrogens is 188 g/mol. The van der Waals surface area contributed by atoms with Crippen molar-refractivity contribution in [2.24, 2.45) is 0 Å². The minimum Gasteiger partial charge on any atom is -0.417 e. The highest BCUT2D eigenvalue weighted by atomic mass is 28.4. The summed E-state index contributed by atoms with van der Waals surface area (Å²) in [5, 5.41) is 0.330. The van der Waals surface area contributed by atoms with Crippen molar-refractivity contribution in [3.05, 3.63) is 12.2 Å². The Balaban J connectivity index is 3.83. The molecule has 84 valence electrons. The standard InChI is InChI=1S/C12H26OSi/c1-11(2)9-8-10-13-14(6,7)12(3,4)5/h1,8-10H2,2-7H3. The molecule has 14 heavy (non-hydrogen) atoms. The minimum atomic E-state index is -1.51. The van der Waals surface area contributed by atoms with Gasteiger partial charge in [0.05, 0.1) is 0 Å². The van der Waals surface area contributed by atoms with Gasteiger partial charge in [0.25, 0.3) is 0 Å². The normalized spacial score (nSPS) is 13.0. The molecule has 1 nitrogen and oxygen atoms in total. The number of rotatable bonds is 5. The molecule has 0 bridgehead atoms. The van der Waals surface area contributed by atoms with E-state index in [1.54, 1.807) is 0 Å². The summed E-state index contributed by atoms with van der Waals surface area (Å²) in [5.74, 6) is 0. The van der Waals surface area contributed by atoms with Crippen LogP contribution in [0.3, 0.4) is 0 Å². The summed E-state index contributed by atoms with van der Waals surface area (Å²) in [6.07, 6.45) is 2.20. The molecule has 0 aromatic heterocycles. The molecule has 0 N–H and O–H groups in total. The number of hydrogen-bond acceptors (Lipinski definition) is 1. The van der Waals surface area contributed by atoms with Gasteiger partial charge in [-0.05, 0) is 37.9 Å². The van der Waals surface area contributed by atoms with Crippen LogP contribution in [0.5, 0.6) is 0 Å². The quantitative estimate of drug-likeness (QED) is 0.375. The average Bonchev–Trinajstić information content (AvgIpc) is 1.95. The van der Waals surface area contributed by atoms with Crippen LogP contribution in [-0.2, 0) is 4.43 Å². The summed E-state index contributed by atoms with van der Waals surface area (Å²) < 4.78 is 6.04. The van der Waals surface area contributed by atoms with Crippen molar-refractivity contribution in [3.8, 4) is 0 Å². The van der Waals surface area contributed by atoms with Crippen LogP contribution in [-0.4, -0.2) is 14.9 Å². The van der Waals surface area contributed by atoms with Gasteiger partial charge in [-0.2, -0.15) is 0 Å². The molecule has 0 amide bonds. The van der Waals surface area contributed by atoms with E-state index in [1.807, 2.05) is 0 Å². The molecule has 0 aliphatic carbocycles. The zero-order valence-corrected chi connectivity index (χ0v) is 11.7. The lowest BCUT2D eigenvalue weighted by Crippen LogP contribution is -2.40. The average molecular weight is 214 g/mol. The largest absolute Gasteiger partial charge is 0.417 e. The molecule has 0 saturated heterocycles. The highest BCUT2D eigenvalue weighted by Crippen LogP contribution is 2.36. The smallest absolute Gasteiger partial charge is 0.191 e. The second kappa shape index (κ2) is 5.13. The third-order valence-corrected chi connectivity index (χ3v) is 7.56. The van der Waals surface area contributed by atoms with Crippen LogP contribution < -0.4 is 0 Å². The molecule has 0 atom stereocenters. The van der Waals surface area contributed by atoms with Crippen LogP contribution in [0.25, 0.3) is 0 Å². The first-order chi connectivity index (χ1) is 6.17. The van der Waals surface area contributed by atoms with E-state index in [0.29, 0.717) is 5.04 Å². The van der Waals surface area contributed by atoms with Crippen molar-refractivity contribution >= 4 is 8.32 Å². The molecule has 0 aromatic carbocycles. The van der Waals surface area contributed by atoms with E-state index in [9.17, 15) is 0 Å². The molecule has 0 saturated carbocycles. The predicted octanol–water partition coefficient (Wildman–Crippen LogP) is 4.36. The lowest BCUT2D eigenvalue weighted by atomic mass is 10.2. The van der Waals surface area contributed by atoms with E-state index < -0.39 is 8.32 Å². The fraction of sp³-hybridized carbons (Fsp3) is 0.833. The molecule has 0 aliphatic rings. The maximum atomic E-state index is 6.04. The lowest BCUT2D eigenvalue weighted by molar-refractivity contribution is 0.282. The van der Waals surface area contributed by atoms with Crippen molar-refractivity contribution in [2.45, 2.75) is 58.7 Å². The van der Waals surface area contributed by atoms with Crippen molar-refractivity contribution in [1.82, 2.24) is 0 Å². The zero-order valence-electron chi connectivity index (χ0n) is 10.7. The first-order valence-electron chi connectivity index (χ1n) is 5.45. The summed E-state index contributed by atoms with van der Waals surface area (Å²) in [5.41, 5.74) is 1.25. The van der Waals surface area contributed by atoms with Gasteiger partial charge in [0.1, 0.15) is 0 Å². The van der Waals surface area contributed by atoms with E-state index in [4.69, 9.17) is 4.43 Å². The van der Waals surface area contributed by atoms with E-state index in [2.05, 4.69) is 47.4 Å². The first-order valence-corrected chi connectivity index (χ1v) is 8.36. The van der Waals surface area contributed by atoms with Crippen LogP contribution in [0.15, 0.2) is 12.2 Å². The monoisotopic (exact) mass is 214 g/mol. The van der Waals surface area contributed by atoms with E-state index >= 15 is 0 Å².